The highest BCUT2D eigenvalue weighted by molar-refractivity contribution is 5.93. The number of benzene rings is 2. The molecule has 0 atom stereocenters. The van der Waals surface area contributed by atoms with Gasteiger partial charge in [-0.15, -0.1) is 0 Å². The van der Waals surface area contributed by atoms with Gasteiger partial charge in [-0.3, -0.25) is 0 Å². The molecule has 0 amide bonds. The fourth-order valence-corrected chi connectivity index (χ4v) is 1.71. The molecule has 0 aliphatic heterocycles. The van der Waals surface area contributed by atoms with Crippen LogP contribution in [0.3, 0.4) is 0 Å². The molecule has 20 heavy (non-hydrogen) atoms. The first-order valence-electron chi connectivity index (χ1n) is 6.56. The summed E-state index contributed by atoms with van der Waals surface area (Å²) < 4.78 is 5.57. The van der Waals surface area contributed by atoms with E-state index in [1.165, 1.54) is 0 Å². The van der Waals surface area contributed by atoms with Crippen LogP contribution in [0, 0.1) is 0 Å². The number of nitrogens with two attached hydrogens (primary N) is 1. The van der Waals surface area contributed by atoms with Gasteiger partial charge in [-0.1, -0.05) is 18.2 Å². The van der Waals surface area contributed by atoms with Crippen LogP contribution in [0.1, 0.15) is 13.8 Å². The summed E-state index contributed by atoms with van der Waals surface area (Å²) in [4.78, 5) is 4.30. The first-order chi connectivity index (χ1) is 9.63. The van der Waals surface area contributed by atoms with E-state index < -0.39 is 0 Å². The highest BCUT2D eigenvalue weighted by Crippen LogP contribution is 2.19. The van der Waals surface area contributed by atoms with E-state index in [0.29, 0.717) is 5.96 Å². The van der Waals surface area contributed by atoms with E-state index in [0.717, 1.165) is 17.1 Å². The van der Waals surface area contributed by atoms with Gasteiger partial charge in [0.05, 0.1) is 11.8 Å². The second kappa shape index (κ2) is 6.61. The molecule has 0 aliphatic carbocycles. The fourth-order valence-electron chi connectivity index (χ4n) is 1.71. The van der Waals surface area contributed by atoms with Crippen molar-refractivity contribution in [2.75, 3.05) is 5.32 Å². The SMILES string of the molecule is CC(C)Oc1ccc(N=C(N)Nc2ccccc2)cc1. The molecule has 0 bridgehead atoms. The van der Waals surface area contributed by atoms with E-state index >= 15 is 0 Å². The quantitative estimate of drug-likeness (QED) is 0.659. The molecule has 0 heterocycles. The summed E-state index contributed by atoms with van der Waals surface area (Å²) in [5, 5.41) is 3.03. The Kier molecular flexibility index (Phi) is 4.60. The molecule has 104 valence electrons. The molecule has 0 unspecified atom stereocenters. The van der Waals surface area contributed by atoms with E-state index in [4.69, 9.17) is 10.5 Å². The fraction of sp³-hybridized carbons (Fsp3) is 0.188. The smallest absolute Gasteiger partial charge is 0.198 e. The maximum atomic E-state index is 5.86. The molecular formula is C16H19N3O. The number of hydrogen-bond acceptors (Lipinski definition) is 2. The number of aliphatic imine (C=N–C) groups is 1. The third kappa shape index (κ3) is 4.31. The van der Waals surface area contributed by atoms with Crippen LogP contribution in [-0.2, 0) is 0 Å². The standard InChI is InChI=1S/C16H19N3O/c1-12(2)20-15-10-8-14(9-11-15)19-16(17)18-13-6-4-3-5-7-13/h3-12H,1-2H3,(H3,17,18,19). The molecule has 0 aliphatic rings. The minimum Gasteiger partial charge on any atom is -0.491 e. The van der Waals surface area contributed by atoms with Gasteiger partial charge < -0.3 is 15.8 Å². The first kappa shape index (κ1) is 13.9. The Balaban J connectivity index is 2.02. The van der Waals surface area contributed by atoms with Gasteiger partial charge in [0.2, 0.25) is 0 Å². The zero-order chi connectivity index (χ0) is 14.4. The molecule has 0 saturated carbocycles. The summed E-state index contributed by atoms with van der Waals surface area (Å²) in [6.07, 6.45) is 0.161. The van der Waals surface area contributed by atoms with Gasteiger partial charge in [-0.05, 0) is 50.2 Å². The molecule has 0 saturated heterocycles. The van der Waals surface area contributed by atoms with Crippen molar-refractivity contribution in [1.82, 2.24) is 0 Å². The van der Waals surface area contributed by atoms with Crippen molar-refractivity contribution in [3.05, 3.63) is 54.6 Å². The van der Waals surface area contributed by atoms with E-state index in [1.807, 2.05) is 68.4 Å². The zero-order valence-corrected chi connectivity index (χ0v) is 11.7. The highest BCUT2D eigenvalue weighted by Gasteiger charge is 1.98. The van der Waals surface area contributed by atoms with E-state index in [9.17, 15) is 0 Å². The van der Waals surface area contributed by atoms with Crippen LogP contribution >= 0.6 is 0 Å². The molecule has 4 nitrogen and oxygen atoms in total. The van der Waals surface area contributed by atoms with Crippen molar-refractivity contribution < 1.29 is 4.74 Å². The third-order valence-corrected chi connectivity index (χ3v) is 2.50. The predicted octanol–water partition coefficient (Wildman–Crippen LogP) is 3.53. The number of ether oxygens (including phenoxy) is 1. The van der Waals surface area contributed by atoms with Crippen LogP contribution in [0.5, 0.6) is 5.75 Å². The van der Waals surface area contributed by atoms with Crippen molar-refractivity contribution in [2.45, 2.75) is 20.0 Å². The molecule has 0 spiro atoms. The molecule has 2 rings (SSSR count). The minimum atomic E-state index is 0.161. The van der Waals surface area contributed by atoms with Crippen LogP contribution in [0.2, 0.25) is 0 Å². The molecule has 0 radical (unpaired) electrons. The lowest BCUT2D eigenvalue weighted by molar-refractivity contribution is 0.242. The highest BCUT2D eigenvalue weighted by atomic mass is 16.5. The first-order valence-corrected chi connectivity index (χ1v) is 6.56. The average Bonchev–Trinajstić information content (AvgIpc) is 2.41. The van der Waals surface area contributed by atoms with Crippen LogP contribution < -0.4 is 15.8 Å². The van der Waals surface area contributed by atoms with Gasteiger partial charge >= 0.3 is 0 Å². The normalized spacial score (nSPS) is 11.4. The van der Waals surface area contributed by atoms with Crippen molar-refractivity contribution in [2.24, 2.45) is 10.7 Å². The number of guanidine groups is 1. The summed E-state index contributed by atoms with van der Waals surface area (Å²) in [6, 6.07) is 17.2. The summed E-state index contributed by atoms with van der Waals surface area (Å²) in [6.45, 7) is 3.99. The van der Waals surface area contributed by atoms with Gasteiger partial charge in [0.25, 0.3) is 0 Å². The summed E-state index contributed by atoms with van der Waals surface area (Å²) in [5.41, 5.74) is 7.55. The molecule has 2 aromatic rings. The number of nitrogens with zero attached hydrogens (tertiary/aromatic N) is 1. The summed E-state index contributed by atoms with van der Waals surface area (Å²) in [5.74, 6) is 1.18. The van der Waals surface area contributed by atoms with Crippen LogP contribution in [0.25, 0.3) is 0 Å². The number of rotatable bonds is 4. The van der Waals surface area contributed by atoms with E-state index in [-0.39, 0.29) is 6.10 Å². The average molecular weight is 269 g/mol. The zero-order valence-electron chi connectivity index (χ0n) is 11.7. The maximum Gasteiger partial charge on any atom is 0.198 e. The topological polar surface area (TPSA) is 59.6 Å². The number of anilines is 1. The lowest BCUT2D eigenvalue weighted by atomic mass is 10.3. The predicted molar refractivity (Wildman–Crippen MR) is 83.6 cm³/mol. The van der Waals surface area contributed by atoms with Crippen molar-refractivity contribution >= 4 is 17.3 Å². The number of nitrogens with one attached hydrogen (secondary N) is 1. The maximum absolute atomic E-state index is 5.86. The molecular weight excluding hydrogens is 250 g/mol. The van der Waals surface area contributed by atoms with E-state index in [2.05, 4.69) is 10.3 Å². The lowest BCUT2D eigenvalue weighted by Crippen LogP contribution is -2.21. The van der Waals surface area contributed by atoms with Crippen LogP contribution in [-0.4, -0.2) is 12.1 Å². The second-order valence-electron chi connectivity index (χ2n) is 4.65. The number of hydrogen-bond donors (Lipinski definition) is 2. The van der Waals surface area contributed by atoms with Gasteiger partial charge in [-0.25, -0.2) is 4.99 Å². The Hall–Kier alpha value is -2.49. The Morgan fingerprint density at radius 3 is 2.30 bits per heavy atom. The van der Waals surface area contributed by atoms with Gasteiger partial charge in [0.1, 0.15) is 5.75 Å². The monoisotopic (exact) mass is 269 g/mol. The van der Waals surface area contributed by atoms with Crippen LogP contribution in [0.15, 0.2) is 59.6 Å². The third-order valence-electron chi connectivity index (χ3n) is 2.50. The molecule has 2 aromatic carbocycles. The Morgan fingerprint density at radius 2 is 1.70 bits per heavy atom. The van der Waals surface area contributed by atoms with Gasteiger partial charge in [0, 0.05) is 5.69 Å². The second-order valence-corrected chi connectivity index (χ2v) is 4.65. The Labute approximate surface area is 119 Å². The Morgan fingerprint density at radius 1 is 1.05 bits per heavy atom. The lowest BCUT2D eigenvalue weighted by Gasteiger charge is -2.09. The van der Waals surface area contributed by atoms with Gasteiger partial charge in [0.15, 0.2) is 5.96 Å². The van der Waals surface area contributed by atoms with Gasteiger partial charge in [-0.2, -0.15) is 0 Å². The number of para-hydroxylation sites is 1. The molecule has 4 heteroatoms. The van der Waals surface area contributed by atoms with E-state index in [1.54, 1.807) is 0 Å². The van der Waals surface area contributed by atoms with Crippen molar-refractivity contribution in [1.29, 1.82) is 0 Å². The Bertz CT molecular complexity index is 562. The molecule has 0 aromatic heterocycles. The molecule has 3 N–H and O–H groups in total. The molecule has 0 fully saturated rings. The summed E-state index contributed by atoms with van der Waals surface area (Å²) >= 11 is 0. The largest absolute Gasteiger partial charge is 0.491 e. The van der Waals surface area contributed by atoms with Crippen LogP contribution in [0.4, 0.5) is 11.4 Å². The van der Waals surface area contributed by atoms with Crippen molar-refractivity contribution in [3.63, 3.8) is 0 Å². The summed E-state index contributed by atoms with van der Waals surface area (Å²) in [7, 11) is 0. The minimum absolute atomic E-state index is 0.161. The van der Waals surface area contributed by atoms with Crippen molar-refractivity contribution in [3.8, 4) is 5.75 Å².